The van der Waals surface area contributed by atoms with Crippen molar-refractivity contribution in [2.24, 2.45) is 0 Å². The lowest BCUT2D eigenvalue weighted by molar-refractivity contribution is -0.111. The largest absolute Gasteiger partial charge is 0.287 e. The standard InChI is InChI=1S/C11H12OS/c12-11(13)7-9-6-5-8-3-1-2-4-10(8)9/h1-4,9H,5-7H2,(H,12,13). The summed E-state index contributed by atoms with van der Waals surface area (Å²) in [6.07, 6.45) is 2.80. The van der Waals surface area contributed by atoms with Gasteiger partial charge in [0.05, 0.1) is 0 Å². The molecule has 0 bridgehead atoms. The zero-order valence-electron chi connectivity index (χ0n) is 7.36. The van der Waals surface area contributed by atoms with E-state index in [9.17, 15) is 4.79 Å². The van der Waals surface area contributed by atoms with Crippen molar-refractivity contribution in [2.45, 2.75) is 25.2 Å². The number of benzene rings is 1. The molecule has 2 rings (SSSR count). The van der Waals surface area contributed by atoms with Crippen molar-refractivity contribution >= 4 is 17.7 Å². The predicted octanol–water partition coefficient (Wildman–Crippen LogP) is 2.56. The van der Waals surface area contributed by atoms with Crippen molar-refractivity contribution in [1.82, 2.24) is 0 Å². The van der Waals surface area contributed by atoms with Gasteiger partial charge < -0.3 is 0 Å². The van der Waals surface area contributed by atoms with Crippen molar-refractivity contribution in [1.29, 1.82) is 0 Å². The molecule has 0 aliphatic heterocycles. The van der Waals surface area contributed by atoms with E-state index in [4.69, 9.17) is 0 Å². The summed E-state index contributed by atoms with van der Waals surface area (Å²) < 4.78 is 0. The SMILES string of the molecule is O=C(S)CC1CCc2ccccc21. The van der Waals surface area contributed by atoms with Crippen LogP contribution >= 0.6 is 12.6 Å². The Morgan fingerprint density at radius 2 is 2.23 bits per heavy atom. The first-order valence-electron chi connectivity index (χ1n) is 4.57. The van der Waals surface area contributed by atoms with Gasteiger partial charge in [-0.05, 0) is 29.9 Å². The molecular formula is C11H12OS. The Labute approximate surface area is 83.6 Å². The number of rotatable bonds is 2. The molecular weight excluding hydrogens is 180 g/mol. The van der Waals surface area contributed by atoms with Crippen molar-refractivity contribution in [2.75, 3.05) is 0 Å². The molecule has 68 valence electrons. The minimum absolute atomic E-state index is 0.00158. The van der Waals surface area contributed by atoms with E-state index in [1.807, 2.05) is 6.07 Å². The van der Waals surface area contributed by atoms with Gasteiger partial charge in [0.1, 0.15) is 0 Å². The van der Waals surface area contributed by atoms with Gasteiger partial charge in [0.2, 0.25) is 0 Å². The molecule has 1 aromatic carbocycles. The maximum atomic E-state index is 10.9. The predicted molar refractivity (Wildman–Crippen MR) is 56.1 cm³/mol. The van der Waals surface area contributed by atoms with E-state index in [0.29, 0.717) is 12.3 Å². The minimum atomic E-state index is 0.00158. The van der Waals surface area contributed by atoms with E-state index in [2.05, 4.69) is 30.8 Å². The van der Waals surface area contributed by atoms with Crippen LogP contribution in [0.2, 0.25) is 0 Å². The van der Waals surface area contributed by atoms with Gasteiger partial charge in [0.25, 0.3) is 0 Å². The highest BCUT2D eigenvalue weighted by atomic mass is 32.1. The molecule has 0 fully saturated rings. The van der Waals surface area contributed by atoms with E-state index in [1.54, 1.807) is 0 Å². The van der Waals surface area contributed by atoms with Gasteiger partial charge >= 0.3 is 0 Å². The maximum absolute atomic E-state index is 10.9. The molecule has 13 heavy (non-hydrogen) atoms. The number of carbonyl (C=O) groups is 1. The van der Waals surface area contributed by atoms with Crippen LogP contribution in [0, 0.1) is 0 Å². The molecule has 0 saturated heterocycles. The molecule has 1 unspecified atom stereocenters. The average molecular weight is 192 g/mol. The summed E-state index contributed by atoms with van der Waals surface area (Å²) in [4.78, 5) is 10.9. The van der Waals surface area contributed by atoms with Crippen LogP contribution in [0.1, 0.15) is 29.9 Å². The summed E-state index contributed by atoms with van der Waals surface area (Å²) in [5, 5.41) is 0.00158. The molecule has 0 radical (unpaired) electrons. The Hall–Kier alpha value is -0.760. The molecule has 1 aromatic rings. The Bertz CT molecular complexity index is 333. The molecule has 1 nitrogen and oxygen atoms in total. The van der Waals surface area contributed by atoms with E-state index in [1.165, 1.54) is 11.1 Å². The molecule has 0 N–H and O–H groups in total. The fraction of sp³-hybridized carbons (Fsp3) is 0.364. The third-order valence-electron chi connectivity index (χ3n) is 2.68. The fourth-order valence-corrected chi connectivity index (χ4v) is 2.29. The Morgan fingerprint density at radius 1 is 1.46 bits per heavy atom. The van der Waals surface area contributed by atoms with Crippen LogP contribution < -0.4 is 0 Å². The van der Waals surface area contributed by atoms with Gasteiger partial charge in [0, 0.05) is 6.42 Å². The van der Waals surface area contributed by atoms with Crippen molar-refractivity contribution in [3.8, 4) is 0 Å². The summed E-state index contributed by atoms with van der Waals surface area (Å²) in [5.41, 5.74) is 2.76. The van der Waals surface area contributed by atoms with Crippen molar-refractivity contribution in [3.05, 3.63) is 35.4 Å². The van der Waals surface area contributed by atoms with Crippen LogP contribution in [0.4, 0.5) is 0 Å². The van der Waals surface area contributed by atoms with Crippen molar-refractivity contribution < 1.29 is 4.79 Å². The second-order valence-corrected chi connectivity index (χ2v) is 4.03. The molecule has 0 saturated carbocycles. The molecule has 0 heterocycles. The summed E-state index contributed by atoms with van der Waals surface area (Å²) in [6, 6.07) is 8.38. The lowest BCUT2D eigenvalue weighted by Crippen LogP contribution is -1.98. The van der Waals surface area contributed by atoms with E-state index in [-0.39, 0.29) is 5.12 Å². The first kappa shape index (κ1) is 8.82. The third kappa shape index (κ3) is 1.78. The topological polar surface area (TPSA) is 17.1 Å². The zero-order chi connectivity index (χ0) is 9.26. The van der Waals surface area contributed by atoms with E-state index >= 15 is 0 Å². The number of hydrogen-bond donors (Lipinski definition) is 1. The van der Waals surface area contributed by atoms with Gasteiger partial charge in [-0.15, -0.1) is 12.6 Å². The molecule has 0 aromatic heterocycles. The quantitative estimate of drug-likeness (QED) is 0.713. The summed E-state index contributed by atoms with van der Waals surface area (Å²) in [5.74, 6) is 0.418. The lowest BCUT2D eigenvalue weighted by Gasteiger charge is -2.07. The Kier molecular flexibility index (Phi) is 2.40. The number of thiol groups is 1. The summed E-state index contributed by atoms with van der Waals surface area (Å²) in [6.45, 7) is 0. The van der Waals surface area contributed by atoms with Gasteiger partial charge in [-0.2, -0.15) is 0 Å². The highest BCUT2D eigenvalue weighted by Gasteiger charge is 2.22. The normalized spacial score (nSPS) is 19.9. The van der Waals surface area contributed by atoms with Gasteiger partial charge in [-0.25, -0.2) is 0 Å². The van der Waals surface area contributed by atoms with Crippen LogP contribution in [-0.2, 0) is 11.2 Å². The first-order valence-corrected chi connectivity index (χ1v) is 5.01. The molecule has 0 amide bonds. The van der Waals surface area contributed by atoms with Crippen molar-refractivity contribution in [3.63, 3.8) is 0 Å². The molecule has 2 heteroatoms. The van der Waals surface area contributed by atoms with E-state index in [0.717, 1.165) is 12.8 Å². The smallest absolute Gasteiger partial charge is 0.186 e. The average Bonchev–Trinajstić information content (AvgIpc) is 2.48. The van der Waals surface area contributed by atoms with Crippen LogP contribution in [0.5, 0.6) is 0 Å². The second-order valence-electron chi connectivity index (χ2n) is 3.53. The number of hydrogen-bond acceptors (Lipinski definition) is 1. The summed E-state index contributed by atoms with van der Waals surface area (Å²) >= 11 is 3.83. The fourth-order valence-electron chi connectivity index (χ4n) is 2.07. The number of aryl methyl sites for hydroxylation is 1. The Morgan fingerprint density at radius 3 is 3.00 bits per heavy atom. The van der Waals surface area contributed by atoms with Gasteiger partial charge in [0.15, 0.2) is 5.12 Å². The van der Waals surface area contributed by atoms with Gasteiger partial charge in [-0.1, -0.05) is 24.3 Å². The zero-order valence-corrected chi connectivity index (χ0v) is 8.26. The lowest BCUT2D eigenvalue weighted by atomic mass is 9.99. The molecule has 1 aliphatic carbocycles. The minimum Gasteiger partial charge on any atom is -0.287 e. The highest BCUT2D eigenvalue weighted by Crippen LogP contribution is 2.35. The second kappa shape index (κ2) is 3.54. The van der Waals surface area contributed by atoms with Crippen LogP contribution in [0.15, 0.2) is 24.3 Å². The monoisotopic (exact) mass is 192 g/mol. The first-order chi connectivity index (χ1) is 6.27. The molecule has 1 aliphatic rings. The van der Waals surface area contributed by atoms with E-state index < -0.39 is 0 Å². The Balaban J connectivity index is 2.23. The molecule has 0 spiro atoms. The van der Waals surface area contributed by atoms with Crippen LogP contribution in [0.3, 0.4) is 0 Å². The third-order valence-corrected chi connectivity index (χ3v) is 2.86. The van der Waals surface area contributed by atoms with Crippen LogP contribution in [0.25, 0.3) is 0 Å². The summed E-state index contributed by atoms with van der Waals surface area (Å²) in [7, 11) is 0. The van der Waals surface area contributed by atoms with Gasteiger partial charge in [-0.3, -0.25) is 4.79 Å². The number of carbonyl (C=O) groups excluding carboxylic acids is 1. The molecule has 1 atom stereocenters. The number of fused-ring (bicyclic) bond motifs is 1. The maximum Gasteiger partial charge on any atom is 0.186 e. The van der Waals surface area contributed by atoms with Crippen LogP contribution in [-0.4, -0.2) is 5.12 Å². The highest BCUT2D eigenvalue weighted by molar-refractivity contribution is 7.96.